The summed E-state index contributed by atoms with van der Waals surface area (Å²) < 4.78 is 25.8. The third-order valence-corrected chi connectivity index (χ3v) is 6.77. The fourth-order valence-corrected chi connectivity index (χ4v) is 4.92. The molecule has 11 heteroatoms. The van der Waals surface area contributed by atoms with Crippen molar-refractivity contribution in [2.24, 2.45) is 0 Å². The summed E-state index contributed by atoms with van der Waals surface area (Å²) in [5.41, 5.74) is 1.63. The van der Waals surface area contributed by atoms with Crippen LogP contribution in [0.3, 0.4) is 0 Å². The van der Waals surface area contributed by atoms with Crippen LogP contribution in [0.2, 0.25) is 0 Å². The number of benzene rings is 1. The first-order chi connectivity index (χ1) is 16.6. The molecule has 6 rings (SSSR count). The van der Waals surface area contributed by atoms with E-state index in [-0.39, 0.29) is 23.7 Å². The van der Waals surface area contributed by atoms with Crippen molar-refractivity contribution in [1.82, 2.24) is 30.5 Å². The molecule has 5 heterocycles. The number of hydrogen-bond acceptors (Lipinski definition) is 10. The molecular formula is C23H24FN7O3. The van der Waals surface area contributed by atoms with Gasteiger partial charge < -0.3 is 24.8 Å². The van der Waals surface area contributed by atoms with Gasteiger partial charge in [-0.05, 0) is 31.4 Å². The number of fused-ring (bicyclic) bond motifs is 3. The highest BCUT2D eigenvalue weighted by Gasteiger charge is 2.44. The quantitative estimate of drug-likeness (QED) is 0.593. The van der Waals surface area contributed by atoms with Gasteiger partial charge in [-0.15, -0.1) is 10.2 Å². The summed E-state index contributed by atoms with van der Waals surface area (Å²) in [5, 5.41) is 22.5. The topological polar surface area (TPSA) is 118 Å². The van der Waals surface area contributed by atoms with Crippen LogP contribution in [0, 0.1) is 0 Å². The molecule has 2 saturated heterocycles. The lowest BCUT2D eigenvalue weighted by atomic mass is 9.96. The van der Waals surface area contributed by atoms with E-state index in [1.165, 1.54) is 0 Å². The molecule has 2 bridgehead atoms. The van der Waals surface area contributed by atoms with E-state index in [4.69, 9.17) is 9.47 Å². The summed E-state index contributed by atoms with van der Waals surface area (Å²) in [6, 6.07) is 5.04. The lowest BCUT2D eigenvalue weighted by molar-refractivity contribution is 0.157. The van der Waals surface area contributed by atoms with Crippen LogP contribution in [0.4, 0.5) is 10.2 Å². The number of aromatic hydroxyl groups is 1. The van der Waals surface area contributed by atoms with E-state index in [1.807, 2.05) is 11.9 Å². The van der Waals surface area contributed by atoms with Gasteiger partial charge in [-0.3, -0.25) is 0 Å². The highest BCUT2D eigenvalue weighted by Crippen LogP contribution is 2.35. The van der Waals surface area contributed by atoms with Crippen LogP contribution in [0.25, 0.3) is 22.6 Å². The van der Waals surface area contributed by atoms with Gasteiger partial charge in [0.25, 0.3) is 11.8 Å². The first kappa shape index (κ1) is 21.0. The number of rotatable bonds is 4. The molecule has 2 N–H and O–H groups in total. The molecule has 0 unspecified atom stereocenters. The molecule has 1 aromatic carbocycles. The first-order valence-corrected chi connectivity index (χ1v) is 11.4. The van der Waals surface area contributed by atoms with E-state index in [2.05, 4.69) is 30.5 Å². The largest absolute Gasteiger partial charge is 0.507 e. The van der Waals surface area contributed by atoms with Crippen LogP contribution in [0.5, 0.6) is 17.5 Å². The maximum absolute atomic E-state index is 14.9. The van der Waals surface area contributed by atoms with E-state index >= 15 is 0 Å². The zero-order valence-corrected chi connectivity index (χ0v) is 18.6. The van der Waals surface area contributed by atoms with Crippen LogP contribution < -0.4 is 19.7 Å². The fourth-order valence-electron chi connectivity index (χ4n) is 4.92. The molecular weight excluding hydrogens is 441 g/mol. The Morgan fingerprint density at radius 1 is 1.09 bits per heavy atom. The number of hydrogen-bond donors (Lipinski definition) is 2. The van der Waals surface area contributed by atoms with Gasteiger partial charge in [0.15, 0.2) is 11.6 Å². The monoisotopic (exact) mass is 465 g/mol. The smallest absolute Gasteiger partial charge is 0.278 e. The van der Waals surface area contributed by atoms with Crippen LogP contribution in [-0.2, 0) is 0 Å². The zero-order chi connectivity index (χ0) is 23.2. The Balaban J connectivity index is 1.21. The summed E-state index contributed by atoms with van der Waals surface area (Å²) in [6.07, 6.45) is 4.76. The Kier molecular flexibility index (Phi) is 5.13. The molecule has 10 nitrogen and oxygen atoms in total. The Morgan fingerprint density at radius 2 is 1.94 bits per heavy atom. The number of aromatic nitrogens is 5. The van der Waals surface area contributed by atoms with Gasteiger partial charge in [0.2, 0.25) is 0 Å². The van der Waals surface area contributed by atoms with Crippen molar-refractivity contribution in [2.75, 3.05) is 25.2 Å². The number of halogens is 1. The molecule has 34 heavy (non-hydrogen) atoms. The molecule has 0 spiro atoms. The van der Waals surface area contributed by atoms with E-state index in [9.17, 15) is 9.50 Å². The molecule has 0 saturated carbocycles. The number of piperidine rings is 1. The molecule has 3 aliphatic rings. The number of nitrogens with zero attached hydrogens (tertiary/aromatic N) is 6. The number of alkyl halides is 1. The SMILES string of the molecule is CN(c1cnc(-c2ccc(-c3cnc4c(n3)OCCO4)cc2O)nn1)[C@H]1C[C@@H]2CC[C@H](N2)[C@H]1F. The predicted molar refractivity (Wildman–Crippen MR) is 121 cm³/mol. The molecule has 0 amide bonds. The Morgan fingerprint density at radius 3 is 2.74 bits per heavy atom. The van der Waals surface area contributed by atoms with Crippen molar-refractivity contribution in [3.63, 3.8) is 0 Å². The van der Waals surface area contributed by atoms with Gasteiger partial charge in [0, 0.05) is 24.7 Å². The second kappa shape index (κ2) is 8.32. The molecule has 4 atom stereocenters. The Bertz CT molecular complexity index is 1210. The van der Waals surface area contributed by atoms with E-state index in [0.29, 0.717) is 53.7 Å². The number of ether oxygens (including phenoxy) is 2. The van der Waals surface area contributed by atoms with Crippen molar-refractivity contribution in [3.05, 3.63) is 30.6 Å². The molecule has 3 aliphatic heterocycles. The van der Waals surface area contributed by atoms with Crippen molar-refractivity contribution >= 4 is 5.82 Å². The second-order valence-electron chi connectivity index (χ2n) is 8.84. The summed E-state index contributed by atoms with van der Waals surface area (Å²) in [4.78, 5) is 14.9. The highest BCUT2D eigenvalue weighted by molar-refractivity contribution is 5.71. The van der Waals surface area contributed by atoms with Gasteiger partial charge in [-0.1, -0.05) is 6.07 Å². The fraction of sp³-hybridized carbons (Fsp3) is 0.435. The normalized spacial score (nSPS) is 25.2. The number of nitrogens with one attached hydrogen (secondary N) is 1. The third kappa shape index (κ3) is 3.65. The van der Waals surface area contributed by atoms with Gasteiger partial charge >= 0.3 is 0 Å². The van der Waals surface area contributed by atoms with Crippen molar-refractivity contribution in [1.29, 1.82) is 0 Å². The van der Waals surface area contributed by atoms with E-state index < -0.39 is 6.17 Å². The molecule has 3 aromatic rings. The van der Waals surface area contributed by atoms with E-state index in [0.717, 1.165) is 19.3 Å². The molecule has 0 aliphatic carbocycles. The molecule has 176 valence electrons. The van der Waals surface area contributed by atoms with Crippen molar-refractivity contribution in [2.45, 2.75) is 43.6 Å². The number of anilines is 1. The molecule has 0 radical (unpaired) electrons. The average Bonchev–Trinajstić information content (AvgIpc) is 3.29. The van der Waals surface area contributed by atoms with Crippen LogP contribution in [0.1, 0.15) is 19.3 Å². The number of phenols is 1. The maximum atomic E-state index is 14.9. The third-order valence-electron chi connectivity index (χ3n) is 6.77. The summed E-state index contributed by atoms with van der Waals surface area (Å²) in [6.45, 7) is 0.849. The lowest BCUT2D eigenvalue weighted by Crippen LogP contribution is -2.55. The highest BCUT2D eigenvalue weighted by atomic mass is 19.1. The van der Waals surface area contributed by atoms with Gasteiger partial charge in [0.05, 0.1) is 29.7 Å². The summed E-state index contributed by atoms with van der Waals surface area (Å²) in [7, 11) is 1.83. The Hall–Kier alpha value is -3.60. The van der Waals surface area contributed by atoms with Crippen molar-refractivity contribution < 1.29 is 19.0 Å². The minimum absolute atomic E-state index is 0.0177. The van der Waals surface area contributed by atoms with Crippen molar-refractivity contribution in [3.8, 4) is 40.2 Å². The predicted octanol–water partition coefficient (Wildman–Crippen LogP) is 2.14. The second-order valence-corrected chi connectivity index (χ2v) is 8.84. The summed E-state index contributed by atoms with van der Waals surface area (Å²) in [5.74, 6) is 1.45. The number of phenolic OH excluding ortho intramolecular Hbond substituents is 1. The Labute approximate surface area is 195 Å². The van der Waals surface area contributed by atoms with Gasteiger partial charge in [-0.2, -0.15) is 0 Å². The minimum atomic E-state index is -0.967. The molecule has 2 aromatic heterocycles. The molecule has 2 fully saturated rings. The summed E-state index contributed by atoms with van der Waals surface area (Å²) >= 11 is 0. The maximum Gasteiger partial charge on any atom is 0.278 e. The van der Waals surface area contributed by atoms with Gasteiger partial charge in [-0.25, -0.2) is 19.3 Å². The van der Waals surface area contributed by atoms with Crippen LogP contribution in [0.15, 0.2) is 30.6 Å². The minimum Gasteiger partial charge on any atom is -0.507 e. The zero-order valence-electron chi connectivity index (χ0n) is 18.6. The van der Waals surface area contributed by atoms with E-state index in [1.54, 1.807) is 30.6 Å². The van der Waals surface area contributed by atoms with Crippen LogP contribution in [-0.4, -0.2) is 74.8 Å². The first-order valence-electron chi connectivity index (χ1n) is 11.4. The lowest BCUT2D eigenvalue weighted by Gasteiger charge is -2.38. The standard InChI is InChI=1S/C23H24FN7O3/c1-31(17-9-13-3-5-15(27-13)20(17)24)19-11-25-21(30-29-19)14-4-2-12(8-18(14)32)16-10-26-22-23(28-16)34-7-6-33-22/h2,4,8,10-11,13,15,17,20,27,32H,3,5-7,9H2,1H3/t13-,15-,17-,20+/m0/s1. The van der Waals surface area contributed by atoms with Crippen LogP contribution >= 0.6 is 0 Å². The average molecular weight is 465 g/mol. The van der Waals surface area contributed by atoms with Gasteiger partial charge in [0.1, 0.15) is 25.1 Å².